The van der Waals surface area contributed by atoms with Crippen LogP contribution in [-0.4, -0.2) is 6.36 Å². The molecule has 1 nitrogen and oxygen atoms in total. The van der Waals surface area contributed by atoms with Gasteiger partial charge in [-0.15, -0.1) is 19.6 Å². The lowest BCUT2D eigenvalue weighted by atomic mass is 9.99. The summed E-state index contributed by atoms with van der Waals surface area (Å²) in [4.78, 5) is 0. The molecule has 0 heterocycles. The standard InChI is InChI=1S/C16H11F3O/c1-3-12-8-9-13(10-15(12)20-16(17,18)19)14-7-5-4-6-11(14)2/h1,4-10H,2H3. The molecule has 0 aliphatic heterocycles. The predicted octanol–water partition coefficient (Wildman–Crippen LogP) is 4.54. The molecule has 0 radical (unpaired) electrons. The molecule has 0 aromatic heterocycles. The molecule has 0 N–H and O–H groups in total. The van der Waals surface area contributed by atoms with E-state index in [1.165, 1.54) is 12.1 Å². The van der Waals surface area contributed by atoms with Gasteiger partial charge >= 0.3 is 6.36 Å². The number of benzene rings is 2. The Labute approximate surface area is 115 Å². The molecule has 20 heavy (non-hydrogen) atoms. The van der Waals surface area contributed by atoms with E-state index < -0.39 is 6.36 Å². The molecule has 0 aliphatic rings. The van der Waals surface area contributed by atoms with Crippen LogP contribution in [0, 0.1) is 19.3 Å². The Bertz CT molecular complexity index is 666. The Morgan fingerprint density at radius 1 is 1.10 bits per heavy atom. The fourth-order valence-corrected chi connectivity index (χ4v) is 1.92. The average molecular weight is 276 g/mol. The highest BCUT2D eigenvalue weighted by molar-refractivity contribution is 5.70. The van der Waals surface area contributed by atoms with Crippen LogP contribution in [0.2, 0.25) is 0 Å². The van der Waals surface area contributed by atoms with Crippen LogP contribution in [0.1, 0.15) is 11.1 Å². The minimum Gasteiger partial charge on any atom is -0.404 e. The van der Waals surface area contributed by atoms with Crippen molar-refractivity contribution in [2.24, 2.45) is 0 Å². The van der Waals surface area contributed by atoms with Gasteiger partial charge in [-0.25, -0.2) is 0 Å². The van der Waals surface area contributed by atoms with E-state index in [-0.39, 0.29) is 11.3 Å². The molecule has 0 saturated carbocycles. The van der Waals surface area contributed by atoms with Gasteiger partial charge in [0.15, 0.2) is 0 Å². The normalized spacial score (nSPS) is 10.9. The van der Waals surface area contributed by atoms with Crippen molar-refractivity contribution in [3.8, 4) is 29.2 Å². The Morgan fingerprint density at radius 3 is 2.40 bits per heavy atom. The third kappa shape index (κ3) is 3.12. The van der Waals surface area contributed by atoms with Crippen molar-refractivity contribution in [2.75, 3.05) is 0 Å². The minimum atomic E-state index is -4.77. The topological polar surface area (TPSA) is 9.23 Å². The van der Waals surface area contributed by atoms with Gasteiger partial charge < -0.3 is 4.74 Å². The van der Waals surface area contributed by atoms with E-state index >= 15 is 0 Å². The van der Waals surface area contributed by atoms with Gasteiger partial charge in [0.05, 0.1) is 5.56 Å². The smallest absolute Gasteiger partial charge is 0.404 e. The summed E-state index contributed by atoms with van der Waals surface area (Å²) in [5.74, 6) is 1.83. The van der Waals surface area contributed by atoms with E-state index in [2.05, 4.69) is 10.7 Å². The summed E-state index contributed by atoms with van der Waals surface area (Å²) in [6.45, 7) is 1.88. The molecule has 0 fully saturated rings. The zero-order chi connectivity index (χ0) is 14.8. The molecule has 2 aromatic rings. The second-order valence-corrected chi connectivity index (χ2v) is 4.22. The lowest BCUT2D eigenvalue weighted by molar-refractivity contribution is -0.274. The van der Waals surface area contributed by atoms with Crippen molar-refractivity contribution in [1.29, 1.82) is 0 Å². The third-order valence-electron chi connectivity index (χ3n) is 2.82. The largest absolute Gasteiger partial charge is 0.573 e. The maximum Gasteiger partial charge on any atom is 0.573 e. The van der Waals surface area contributed by atoms with Crippen molar-refractivity contribution < 1.29 is 17.9 Å². The van der Waals surface area contributed by atoms with E-state index in [1.54, 1.807) is 6.07 Å². The second kappa shape index (κ2) is 5.30. The molecule has 0 unspecified atom stereocenters. The van der Waals surface area contributed by atoms with Crippen LogP contribution in [-0.2, 0) is 0 Å². The van der Waals surface area contributed by atoms with E-state index in [4.69, 9.17) is 6.42 Å². The molecule has 102 valence electrons. The van der Waals surface area contributed by atoms with Gasteiger partial charge in [0, 0.05) is 0 Å². The van der Waals surface area contributed by atoms with Crippen LogP contribution in [0.3, 0.4) is 0 Å². The van der Waals surface area contributed by atoms with Gasteiger partial charge in [-0.3, -0.25) is 0 Å². The van der Waals surface area contributed by atoms with Crippen LogP contribution < -0.4 is 4.74 Å². The van der Waals surface area contributed by atoms with Gasteiger partial charge in [-0.1, -0.05) is 36.3 Å². The predicted molar refractivity (Wildman–Crippen MR) is 71.2 cm³/mol. The Morgan fingerprint density at radius 2 is 1.80 bits per heavy atom. The molecule has 0 spiro atoms. The number of hydrogen-bond donors (Lipinski definition) is 0. The summed E-state index contributed by atoms with van der Waals surface area (Å²) >= 11 is 0. The number of hydrogen-bond acceptors (Lipinski definition) is 1. The number of halogens is 3. The summed E-state index contributed by atoms with van der Waals surface area (Å²) in [6, 6.07) is 11.8. The highest BCUT2D eigenvalue weighted by Crippen LogP contribution is 2.32. The van der Waals surface area contributed by atoms with Gasteiger partial charge in [0.2, 0.25) is 0 Å². The Hall–Kier alpha value is -2.41. The number of rotatable bonds is 2. The van der Waals surface area contributed by atoms with Gasteiger partial charge in [0.25, 0.3) is 0 Å². The van der Waals surface area contributed by atoms with Crippen LogP contribution in [0.4, 0.5) is 13.2 Å². The van der Waals surface area contributed by atoms with E-state index in [0.717, 1.165) is 11.1 Å². The molecule has 4 heteroatoms. The Balaban J connectivity index is 2.51. The monoisotopic (exact) mass is 276 g/mol. The maximum absolute atomic E-state index is 12.4. The van der Waals surface area contributed by atoms with Crippen molar-refractivity contribution >= 4 is 0 Å². The molecule has 0 bridgehead atoms. The molecule has 0 aliphatic carbocycles. The fourth-order valence-electron chi connectivity index (χ4n) is 1.92. The van der Waals surface area contributed by atoms with Gasteiger partial charge in [-0.2, -0.15) is 0 Å². The van der Waals surface area contributed by atoms with E-state index in [0.29, 0.717) is 5.56 Å². The summed E-state index contributed by atoms with van der Waals surface area (Å²) in [7, 11) is 0. The number of aryl methyl sites for hydroxylation is 1. The van der Waals surface area contributed by atoms with Crippen molar-refractivity contribution in [1.82, 2.24) is 0 Å². The van der Waals surface area contributed by atoms with Crippen molar-refractivity contribution in [3.05, 3.63) is 53.6 Å². The van der Waals surface area contributed by atoms with Crippen LogP contribution in [0.25, 0.3) is 11.1 Å². The van der Waals surface area contributed by atoms with Crippen LogP contribution in [0.5, 0.6) is 5.75 Å². The first-order valence-electron chi connectivity index (χ1n) is 5.83. The molecule has 0 atom stereocenters. The summed E-state index contributed by atoms with van der Waals surface area (Å²) < 4.78 is 41.1. The van der Waals surface area contributed by atoms with Crippen LogP contribution >= 0.6 is 0 Å². The number of terminal acetylenes is 1. The molecular weight excluding hydrogens is 265 g/mol. The highest BCUT2D eigenvalue weighted by Gasteiger charge is 2.32. The minimum absolute atomic E-state index is 0.0691. The first-order chi connectivity index (χ1) is 9.40. The average Bonchev–Trinajstić information content (AvgIpc) is 2.37. The number of ether oxygens (including phenoxy) is 1. The summed E-state index contributed by atoms with van der Waals surface area (Å²) in [5.41, 5.74) is 2.49. The zero-order valence-corrected chi connectivity index (χ0v) is 10.7. The Kier molecular flexibility index (Phi) is 3.71. The second-order valence-electron chi connectivity index (χ2n) is 4.22. The SMILES string of the molecule is C#Cc1ccc(-c2ccccc2C)cc1OC(F)(F)F. The summed E-state index contributed by atoms with van der Waals surface area (Å²) in [5, 5.41) is 0. The zero-order valence-electron chi connectivity index (χ0n) is 10.7. The first-order valence-corrected chi connectivity index (χ1v) is 5.83. The molecule has 0 amide bonds. The van der Waals surface area contributed by atoms with Crippen molar-refractivity contribution in [3.63, 3.8) is 0 Å². The maximum atomic E-state index is 12.4. The lowest BCUT2D eigenvalue weighted by Crippen LogP contribution is -2.17. The fraction of sp³-hybridized carbons (Fsp3) is 0.125. The molecule has 0 saturated heterocycles. The van der Waals surface area contributed by atoms with E-state index in [9.17, 15) is 13.2 Å². The number of alkyl halides is 3. The first kappa shape index (κ1) is 14.0. The van der Waals surface area contributed by atoms with Crippen molar-refractivity contribution in [2.45, 2.75) is 13.3 Å². The third-order valence-corrected chi connectivity index (χ3v) is 2.82. The molecular formula is C16H11F3O. The molecule has 2 rings (SSSR count). The quantitative estimate of drug-likeness (QED) is 0.732. The van der Waals surface area contributed by atoms with Gasteiger partial charge in [0.1, 0.15) is 5.75 Å². The lowest BCUT2D eigenvalue weighted by Gasteiger charge is -2.13. The van der Waals surface area contributed by atoms with Crippen LogP contribution in [0.15, 0.2) is 42.5 Å². The highest BCUT2D eigenvalue weighted by atomic mass is 19.4. The summed E-state index contributed by atoms with van der Waals surface area (Å²) in [6.07, 6.45) is 0.423. The van der Waals surface area contributed by atoms with Gasteiger partial charge in [-0.05, 0) is 35.7 Å². The van der Waals surface area contributed by atoms with E-state index in [1.807, 2.05) is 31.2 Å². The molecule has 2 aromatic carbocycles.